The Morgan fingerprint density at radius 3 is 1.57 bits per heavy atom. The minimum atomic E-state index is 0. The second-order valence-electron chi connectivity index (χ2n) is 11.0. The molecule has 44 heavy (non-hydrogen) atoms. The Morgan fingerprint density at radius 2 is 1.14 bits per heavy atom. The summed E-state index contributed by atoms with van der Waals surface area (Å²) in [7, 11) is 0. The molecule has 3 heteroatoms. The van der Waals surface area contributed by atoms with Crippen LogP contribution in [-0.4, -0.2) is 3.21 Å². The van der Waals surface area contributed by atoms with E-state index in [-0.39, 0.29) is 24.8 Å². The van der Waals surface area contributed by atoms with Gasteiger partial charge in [-0.3, -0.25) is 6.08 Å². The summed E-state index contributed by atoms with van der Waals surface area (Å²) in [6.07, 6.45) is 13.9. The van der Waals surface area contributed by atoms with E-state index >= 15 is 0 Å². The summed E-state index contributed by atoms with van der Waals surface area (Å²) in [6, 6.07) is 37.1. The standard InChI is InChI=1S/C17H17.C13H10.C11H17.2ClH.Zr/c1-3-12-5-7-16-14(9-12)11-15-10-13(4-2)6-8-17(15)16;1-3-7-12(8-4-1)11-13-9-5-2-6-10-13;1-3-6-10-8-5-9-11(10)7-4-2;;;/h5-11H,3-4H2,1-2H3;1-10H;8H,3-4,6-7,9H2,1-2H3;2*1H;/q-1;;-1;;;+2/p-2. The van der Waals surface area contributed by atoms with Gasteiger partial charge in [0.2, 0.25) is 0 Å². The second kappa shape index (κ2) is 19.8. The quantitative estimate of drug-likeness (QED) is 0.193. The van der Waals surface area contributed by atoms with E-state index in [1.54, 1.807) is 11.1 Å². The van der Waals surface area contributed by atoms with E-state index in [1.165, 1.54) is 96.9 Å². The molecule has 0 amide bonds. The van der Waals surface area contributed by atoms with Crippen LogP contribution in [0.2, 0.25) is 0 Å². The van der Waals surface area contributed by atoms with Gasteiger partial charge in [0, 0.05) is 0 Å². The van der Waals surface area contributed by atoms with Crippen molar-refractivity contribution in [2.45, 2.75) is 72.6 Å². The van der Waals surface area contributed by atoms with E-state index in [9.17, 15) is 0 Å². The zero-order chi connectivity index (χ0) is 29.7. The zero-order valence-electron chi connectivity index (χ0n) is 26.6. The van der Waals surface area contributed by atoms with E-state index in [2.05, 4.69) is 143 Å². The van der Waals surface area contributed by atoms with Crippen LogP contribution in [-0.2, 0) is 37.1 Å². The molecular weight excluding hydrogens is 655 g/mol. The van der Waals surface area contributed by atoms with Gasteiger partial charge in [-0.05, 0) is 19.3 Å². The zero-order valence-corrected chi connectivity index (χ0v) is 30.6. The molecule has 228 valence electrons. The molecule has 0 heterocycles. The topological polar surface area (TPSA) is 0 Å². The number of rotatable bonds is 8. The van der Waals surface area contributed by atoms with Crippen molar-refractivity contribution in [1.82, 2.24) is 0 Å². The predicted octanol–water partition coefficient (Wildman–Crippen LogP) is 5.29. The van der Waals surface area contributed by atoms with E-state index in [0.717, 1.165) is 19.3 Å². The Bertz CT molecular complexity index is 1540. The Kier molecular flexibility index (Phi) is 17.0. The molecule has 1 aliphatic carbocycles. The Hall–Kier alpha value is -2.44. The van der Waals surface area contributed by atoms with Crippen molar-refractivity contribution in [1.29, 1.82) is 0 Å². The second-order valence-corrected chi connectivity index (χ2v) is 12.2. The number of benzene rings is 4. The van der Waals surface area contributed by atoms with Gasteiger partial charge in [0.05, 0.1) is 0 Å². The number of hydrogen-bond donors (Lipinski definition) is 0. The van der Waals surface area contributed by atoms with Gasteiger partial charge in [-0.1, -0.05) is 82.3 Å². The molecule has 5 aromatic rings. The molecule has 6 rings (SSSR count). The molecule has 0 N–H and O–H groups in total. The maximum absolute atomic E-state index is 3.29. The Balaban J connectivity index is 0.000000231. The van der Waals surface area contributed by atoms with Crippen LogP contribution in [0, 0.1) is 6.08 Å². The van der Waals surface area contributed by atoms with Gasteiger partial charge in [-0.25, -0.2) is 6.08 Å². The van der Waals surface area contributed by atoms with Gasteiger partial charge in [-0.15, -0.1) is 46.2 Å². The molecule has 0 bridgehead atoms. The summed E-state index contributed by atoms with van der Waals surface area (Å²) < 4.78 is 1.42. The fourth-order valence-electron chi connectivity index (χ4n) is 5.52. The van der Waals surface area contributed by atoms with Gasteiger partial charge in [0.15, 0.2) is 0 Å². The molecule has 0 nitrogen and oxygen atoms in total. The van der Waals surface area contributed by atoms with Crippen LogP contribution in [0.4, 0.5) is 0 Å². The van der Waals surface area contributed by atoms with Gasteiger partial charge in [-0.2, -0.15) is 11.1 Å². The first-order chi connectivity index (χ1) is 20.6. The van der Waals surface area contributed by atoms with E-state index in [1.807, 2.05) is 0 Å². The van der Waals surface area contributed by atoms with Gasteiger partial charge in [0.25, 0.3) is 0 Å². The predicted molar refractivity (Wildman–Crippen MR) is 181 cm³/mol. The summed E-state index contributed by atoms with van der Waals surface area (Å²) in [6.45, 7) is 8.90. The summed E-state index contributed by atoms with van der Waals surface area (Å²) >= 11 is 1.46. The van der Waals surface area contributed by atoms with Gasteiger partial charge in [0.1, 0.15) is 0 Å². The molecule has 0 unspecified atom stereocenters. The van der Waals surface area contributed by atoms with Crippen molar-refractivity contribution >= 4 is 24.8 Å². The number of halogens is 2. The monoisotopic (exact) mass is 696 g/mol. The van der Waals surface area contributed by atoms with E-state index < -0.39 is 0 Å². The van der Waals surface area contributed by atoms with Crippen LogP contribution in [0.25, 0.3) is 21.5 Å². The van der Waals surface area contributed by atoms with Crippen molar-refractivity contribution in [2.24, 2.45) is 0 Å². The third-order valence-electron chi connectivity index (χ3n) is 7.89. The number of allylic oxidation sites excluding steroid dienone is 4. The van der Waals surface area contributed by atoms with Gasteiger partial charge >= 0.3 is 99.2 Å². The molecule has 0 atom stereocenters. The van der Waals surface area contributed by atoms with Crippen molar-refractivity contribution in [2.75, 3.05) is 0 Å². The molecule has 0 saturated heterocycles. The van der Waals surface area contributed by atoms with Crippen molar-refractivity contribution in [3.05, 3.63) is 149 Å². The molecule has 0 spiro atoms. The normalized spacial score (nSPS) is 11.7. The minimum absolute atomic E-state index is 0. The fraction of sp³-hybridized carbons (Fsp3) is 0.268. The van der Waals surface area contributed by atoms with Crippen LogP contribution >= 0.6 is 0 Å². The van der Waals surface area contributed by atoms with E-state index in [0.29, 0.717) is 0 Å². The van der Waals surface area contributed by atoms with Crippen LogP contribution in [0.15, 0.2) is 120 Å². The molecule has 5 aromatic carbocycles. The number of hydrogen-bond acceptors (Lipinski definition) is 0. The van der Waals surface area contributed by atoms with Crippen molar-refractivity contribution in [3.63, 3.8) is 0 Å². The molecule has 0 fully saturated rings. The van der Waals surface area contributed by atoms with Crippen molar-refractivity contribution < 1.29 is 49.0 Å². The number of fused-ring (bicyclic) bond motifs is 3. The van der Waals surface area contributed by atoms with Crippen LogP contribution in [0.5, 0.6) is 0 Å². The maximum atomic E-state index is 3.29. The fourth-order valence-corrected chi connectivity index (χ4v) is 6.34. The van der Waals surface area contributed by atoms with Gasteiger partial charge < -0.3 is 24.8 Å². The third kappa shape index (κ3) is 10.3. The van der Waals surface area contributed by atoms with E-state index in [4.69, 9.17) is 0 Å². The molecule has 1 aliphatic rings. The first-order valence-corrected chi connectivity index (χ1v) is 16.9. The molecular formula is C41H44Cl2Zr-2. The average Bonchev–Trinajstić information content (AvgIpc) is 3.65. The van der Waals surface area contributed by atoms with Crippen LogP contribution < -0.4 is 24.8 Å². The Morgan fingerprint density at radius 1 is 0.659 bits per heavy atom. The third-order valence-corrected chi connectivity index (χ3v) is 9.31. The Labute approximate surface area is 293 Å². The first kappa shape index (κ1) is 37.7. The SMILES string of the molecule is CCCC1=C(CCC)C[C-]=C1.CCc1ccc2c(c1)[cH-]c1cc(CC)ccc12.[Cl-].[Cl-].[Zr+2]=[C](c1ccccc1)c1ccccc1. The van der Waals surface area contributed by atoms with Crippen molar-refractivity contribution in [3.8, 4) is 0 Å². The molecule has 0 saturated carbocycles. The van der Waals surface area contributed by atoms with Crippen LogP contribution in [0.1, 0.15) is 82.1 Å². The summed E-state index contributed by atoms with van der Waals surface area (Å²) in [4.78, 5) is 0. The summed E-state index contributed by atoms with van der Waals surface area (Å²) in [5, 5.41) is 5.54. The first-order valence-electron chi connectivity index (χ1n) is 15.7. The molecule has 0 aliphatic heterocycles. The summed E-state index contributed by atoms with van der Waals surface area (Å²) in [5.74, 6) is 0. The van der Waals surface area contributed by atoms with Crippen LogP contribution in [0.3, 0.4) is 0 Å². The molecule has 0 aromatic heterocycles. The molecule has 0 radical (unpaired) electrons. The average molecular weight is 699 g/mol. The summed E-state index contributed by atoms with van der Waals surface area (Å²) in [5.41, 5.74) is 8.70. The number of aryl methyl sites for hydroxylation is 2.